The average Bonchev–Trinajstić information content (AvgIpc) is 2.34. The highest BCUT2D eigenvalue weighted by Crippen LogP contribution is 2.16. The molecular weight excluding hydrogens is 236 g/mol. The lowest BCUT2D eigenvalue weighted by molar-refractivity contribution is 0.0748. The Hall–Kier alpha value is -1.23. The van der Waals surface area contributed by atoms with Crippen LogP contribution in [-0.2, 0) is 0 Å². The SMILES string of the molecule is CCSC[C@@H](C)N(C)C(=O)c1ncccc1O. The van der Waals surface area contributed by atoms with Gasteiger partial charge in [0.2, 0.25) is 0 Å². The van der Waals surface area contributed by atoms with E-state index in [0.29, 0.717) is 0 Å². The van der Waals surface area contributed by atoms with Gasteiger partial charge in [0.05, 0.1) is 0 Å². The molecule has 4 nitrogen and oxygen atoms in total. The number of carbonyl (C=O) groups excluding carboxylic acids is 1. The Balaban J connectivity index is 2.73. The summed E-state index contributed by atoms with van der Waals surface area (Å²) >= 11 is 1.78. The molecule has 94 valence electrons. The van der Waals surface area contributed by atoms with Crippen molar-refractivity contribution in [3.8, 4) is 5.75 Å². The van der Waals surface area contributed by atoms with Gasteiger partial charge < -0.3 is 10.0 Å². The van der Waals surface area contributed by atoms with Gasteiger partial charge in [0.1, 0.15) is 5.75 Å². The van der Waals surface area contributed by atoms with E-state index in [1.165, 1.54) is 12.3 Å². The van der Waals surface area contributed by atoms with E-state index in [4.69, 9.17) is 0 Å². The van der Waals surface area contributed by atoms with Gasteiger partial charge in [0, 0.05) is 25.0 Å². The molecule has 1 heterocycles. The lowest BCUT2D eigenvalue weighted by Gasteiger charge is -2.24. The highest BCUT2D eigenvalue weighted by Gasteiger charge is 2.20. The zero-order chi connectivity index (χ0) is 12.8. The van der Waals surface area contributed by atoms with Crippen LogP contribution in [0, 0.1) is 0 Å². The molecule has 0 aromatic carbocycles. The number of hydrogen-bond donors (Lipinski definition) is 1. The van der Waals surface area contributed by atoms with E-state index in [-0.39, 0.29) is 23.4 Å². The van der Waals surface area contributed by atoms with E-state index in [9.17, 15) is 9.90 Å². The number of nitrogens with zero attached hydrogens (tertiary/aromatic N) is 2. The zero-order valence-electron chi connectivity index (χ0n) is 10.4. The van der Waals surface area contributed by atoms with Gasteiger partial charge in [-0.05, 0) is 24.8 Å². The maximum absolute atomic E-state index is 12.1. The van der Waals surface area contributed by atoms with E-state index in [1.807, 2.05) is 6.92 Å². The standard InChI is InChI=1S/C12H18N2O2S/c1-4-17-8-9(2)14(3)12(16)11-10(15)6-5-7-13-11/h5-7,9,15H,4,8H2,1-3H3/t9-/m1/s1. The molecular formula is C12H18N2O2S. The van der Waals surface area contributed by atoms with Gasteiger partial charge in [-0.1, -0.05) is 6.92 Å². The van der Waals surface area contributed by atoms with Crippen molar-refractivity contribution in [2.24, 2.45) is 0 Å². The highest BCUT2D eigenvalue weighted by atomic mass is 32.2. The molecule has 1 N–H and O–H groups in total. The Morgan fingerprint density at radius 3 is 2.94 bits per heavy atom. The van der Waals surface area contributed by atoms with Gasteiger partial charge in [0.25, 0.3) is 5.91 Å². The van der Waals surface area contributed by atoms with Crippen molar-refractivity contribution in [2.45, 2.75) is 19.9 Å². The van der Waals surface area contributed by atoms with E-state index >= 15 is 0 Å². The summed E-state index contributed by atoms with van der Waals surface area (Å²) in [7, 11) is 1.73. The summed E-state index contributed by atoms with van der Waals surface area (Å²) in [6, 6.07) is 3.19. The van der Waals surface area contributed by atoms with Crippen LogP contribution in [0.3, 0.4) is 0 Å². The Labute approximate surface area is 106 Å². The number of hydrogen-bond acceptors (Lipinski definition) is 4. The minimum Gasteiger partial charge on any atom is -0.505 e. The number of thioether (sulfide) groups is 1. The molecule has 1 atom stereocenters. The fourth-order valence-electron chi connectivity index (χ4n) is 1.33. The maximum atomic E-state index is 12.1. The third-order valence-corrected chi connectivity index (χ3v) is 3.66. The summed E-state index contributed by atoms with van der Waals surface area (Å²) in [4.78, 5) is 17.6. The summed E-state index contributed by atoms with van der Waals surface area (Å²) in [6.07, 6.45) is 1.51. The Morgan fingerprint density at radius 2 is 2.35 bits per heavy atom. The lowest BCUT2D eigenvalue weighted by atomic mass is 10.2. The van der Waals surface area contributed by atoms with Crippen LogP contribution in [0.4, 0.5) is 0 Å². The third kappa shape index (κ3) is 3.63. The normalized spacial score (nSPS) is 12.2. The van der Waals surface area contributed by atoms with Crippen LogP contribution < -0.4 is 0 Å². The highest BCUT2D eigenvalue weighted by molar-refractivity contribution is 7.99. The first-order valence-corrected chi connectivity index (χ1v) is 6.72. The van der Waals surface area contributed by atoms with Gasteiger partial charge in [0.15, 0.2) is 5.69 Å². The number of pyridine rings is 1. The number of amides is 1. The Kier molecular flexibility index (Phi) is 5.28. The lowest BCUT2D eigenvalue weighted by Crippen LogP contribution is -2.37. The predicted molar refractivity (Wildman–Crippen MR) is 70.5 cm³/mol. The van der Waals surface area contributed by atoms with Crippen molar-refractivity contribution in [2.75, 3.05) is 18.6 Å². The summed E-state index contributed by atoms with van der Waals surface area (Å²) in [5.41, 5.74) is 0.114. The summed E-state index contributed by atoms with van der Waals surface area (Å²) < 4.78 is 0. The molecule has 17 heavy (non-hydrogen) atoms. The average molecular weight is 254 g/mol. The van der Waals surface area contributed by atoms with E-state index in [1.54, 1.807) is 29.8 Å². The van der Waals surface area contributed by atoms with Crippen molar-refractivity contribution < 1.29 is 9.90 Å². The molecule has 0 radical (unpaired) electrons. The second kappa shape index (κ2) is 6.49. The molecule has 1 aromatic heterocycles. The van der Waals surface area contributed by atoms with Crippen LogP contribution >= 0.6 is 11.8 Å². The molecule has 0 aliphatic heterocycles. The molecule has 1 amide bonds. The quantitative estimate of drug-likeness (QED) is 0.873. The van der Waals surface area contributed by atoms with Crippen LogP contribution in [-0.4, -0.2) is 45.5 Å². The number of aromatic nitrogens is 1. The van der Waals surface area contributed by atoms with Gasteiger partial charge >= 0.3 is 0 Å². The fraction of sp³-hybridized carbons (Fsp3) is 0.500. The molecule has 0 aliphatic carbocycles. The first kappa shape index (κ1) is 13.8. The third-order valence-electron chi connectivity index (χ3n) is 2.53. The fourth-order valence-corrected chi connectivity index (χ4v) is 2.13. The predicted octanol–water partition coefficient (Wildman–Crippen LogP) is 2.00. The van der Waals surface area contributed by atoms with Crippen LogP contribution in [0.2, 0.25) is 0 Å². The van der Waals surface area contributed by atoms with Crippen LogP contribution in [0.15, 0.2) is 18.3 Å². The number of rotatable bonds is 5. The molecule has 0 fully saturated rings. The van der Waals surface area contributed by atoms with Crippen molar-refractivity contribution in [3.63, 3.8) is 0 Å². The van der Waals surface area contributed by atoms with E-state index < -0.39 is 0 Å². The molecule has 0 unspecified atom stereocenters. The van der Waals surface area contributed by atoms with Gasteiger partial charge in [-0.25, -0.2) is 4.98 Å². The smallest absolute Gasteiger partial charge is 0.276 e. The topological polar surface area (TPSA) is 53.4 Å². The van der Waals surface area contributed by atoms with E-state index in [2.05, 4.69) is 11.9 Å². The van der Waals surface area contributed by atoms with Gasteiger partial charge in [-0.2, -0.15) is 11.8 Å². The van der Waals surface area contributed by atoms with Crippen molar-refractivity contribution in [1.29, 1.82) is 0 Å². The Bertz CT molecular complexity index is 385. The monoisotopic (exact) mass is 254 g/mol. The van der Waals surface area contributed by atoms with Crippen LogP contribution in [0.1, 0.15) is 24.3 Å². The molecule has 0 saturated carbocycles. The van der Waals surface area contributed by atoms with Crippen molar-refractivity contribution in [1.82, 2.24) is 9.88 Å². The molecule has 0 saturated heterocycles. The molecule has 5 heteroatoms. The zero-order valence-corrected chi connectivity index (χ0v) is 11.2. The van der Waals surface area contributed by atoms with E-state index in [0.717, 1.165) is 11.5 Å². The first-order chi connectivity index (χ1) is 8.07. The van der Waals surface area contributed by atoms with Gasteiger partial charge in [-0.15, -0.1) is 0 Å². The molecule has 1 rings (SSSR count). The van der Waals surface area contributed by atoms with Crippen molar-refractivity contribution >= 4 is 17.7 Å². The summed E-state index contributed by atoms with van der Waals surface area (Å²) in [5, 5.41) is 9.57. The largest absolute Gasteiger partial charge is 0.505 e. The molecule has 0 spiro atoms. The molecule has 1 aromatic rings. The molecule has 0 bridgehead atoms. The number of aromatic hydroxyl groups is 1. The maximum Gasteiger partial charge on any atom is 0.276 e. The Morgan fingerprint density at radius 1 is 1.65 bits per heavy atom. The van der Waals surface area contributed by atoms with Crippen molar-refractivity contribution in [3.05, 3.63) is 24.0 Å². The second-order valence-electron chi connectivity index (χ2n) is 3.80. The number of carbonyl (C=O) groups is 1. The second-order valence-corrected chi connectivity index (χ2v) is 5.11. The minimum atomic E-state index is -0.243. The van der Waals surface area contributed by atoms with Crippen LogP contribution in [0.25, 0.3) is 0 Å². The van der Waals surface area contributed by atoms with Gasteiger partial charge in [-0.3, -0.25) is 4.79 Å². The minimum absolute atomic E-state index is 0.0697. The van der Waals surface area contributed by atoms with Crippen LogP contribution in [0.5, 0.6) is 5.75 Å². The molecule has 0 aliphatic rings. The summed E-state index contributed by atoms with van der Waals surface area (Å²) in [6.45, 7) is 4.07. The first-order valence-electron chi connectivity index (χ1n) is 5.56. The summed E-state index contributed by atoms with van der Waals surface area (Å²) in [5.74, 6) is 1.60.